The standard InChI is InChI=1S/C17H17NO3S/c1-10-2-4-12-13(8-22-16(12)6-10)17(19)18-11-3-5-14-15(7-11)21-9-20-14/h3,5,7-8,10H,2,4,6,9H2,1H3,(H,18,19). The molecule has 1 aromatic carbocycles. The van der Waals surface area contributed by atoms with E-state index in [4.69, 9.17) is 9.47 Å². The van der Waals surface area contributed by atoms with Crippen molar-refractivity contribution in [1.29, 1.82) is 0 Å². The molecule has 4 rings (SSSR count). The van der Waals surface area contributed by atoms with E-state index < -0.39 is 0 Å². The van der Waals surface area contributed by atoms with Gasteiger partial charge in [0, 0.05) is 22.0 Å². The molecule has 2 aliphatic rings. The maximum Gasteiger partial charge on any atom is 0.256 e. The van der Waals surface area contributed by atoms with Crippen molar-refractivity contribution in [2.45, 2.75) is 26.2 Å². The van der Waals surface area contributed by atoms with Crippen molar-refractivity contribution in [3.8, 4) is 11.5 Å². The van der Waals surface area contributed by atoms with E-state index in [1.807, 2.05) is 17.5 Å². The van der Waals surface area contributed by atoms with E-state index in [1.54, 1.807) is 17.4 Å². The van der Waals surface area contributed by atoms with Gasteiger partial charge in [0.25, 0.3) is 5.91 Å². The summed E-state index contributed by atoms with van der Waals surface area (Å²) in [6.45, 7) is 2.51. The van der Waals surface area contributed by atoms with Gasteiger partial charge < -0.3 is 14.8 Å². The molecule has 1 unspecified atom stereocenters. The maximum atomic E-state index is 12.6. The SMILES string of the molecule is CC1CCc2c(C(=O)Nc3ccc4c(c3)OCO4)csc2C1. The summed E-state index contributed by atoms with van der Waals surface area (Å²) < 4.78 is 10.6. The van der Waals surface area contributed by atoms with Crippen LogP contribution in [0.3, 0.4) is 0 Å². The van der Waals surface area contributed by atoms with E-state index >= 15 is 0 Å². The first kappa shape index (κ1) is 13.6. The summed E-state index contributed by atoms with van der Waals surface area (Å²) in [4.78, 5) is 13.9. The van der Waals surface area contributed by atoms with Crippen molar-refractivity contribution >= 4 is 22.9 Å². The third-order valence-corrected chi connectivity index (χ3v) is 5.33. The fraction of sp³-hybridized carbons (Fsp3) is 0.353. The molecular weight excluding hydrogens is 298 g/mol. The summed E-state index contributed by atoms with van der Waals surface area (Å²) in [6.07, 6.45) is 3.26. The topological polar surface area (TPSA) is 47.6 Å². The molecule has 5 heteroatoms. The number of anilines is 1. The summed E-state index contributed by atoms with van der Waals surface area (Å²) >= 11 is 1.71. The van der Waals surface area contributed by atoms with Gasteiger partial charge in [0.2, 0.25) is 6.79 Å². The summed E-state index contributed by atoms with van der Waals surface area (Å²) in [5.41, 5.74) is 2.80. The Labute approximate surface area is 133 Å². The number of rotatable bonds is 2. The number of amides is 1. The van der Waals surface area contributed by atoms with Gasteiger partial charge in [-0.25, -0.2) is 0 Å². The normalized spacial score (nSPS) is 18.9. The molecule has 0 saturated heterocycles. The number of fused-ring (bicyclic) bond motifs is 2. The highest BCUT2D eigenvalue weighted by molar-refractivity contribution is 7.10. The fourth-order valence-electron chi connectivity index (χ4n) is 3.04. The molecule has 0 spiro atoms. The molecule has 22 heavy (non-hydrogen) atoms. The molecule has 1 amide bonds. The average Bonchev–Trinajstić information content (AvgIpc) is 3.12. The molecule has 114 valence electrons. The van der Waals surface area contributed by atoms with Crippen LogP contribution in [0.1, 0.15) is 34.1 Å². The number of carbonyl (C=O) groups excluding carboxylic acids is 1. The van der Waals surface area contributed by atoms with E-state index in [0.717, 1.165) is 42.2 Å². The molecule has 0 saturated carbocycles. The van der Waals surface area contributed by atoms with Crippen molar-refractivity contribution in [3.05, 3.63) is 39.6 Å². The van der Waals surface area contributed by atoms with Crippen LogP contribution in [0.5, 0.6) is 11.5 Å². The Morgan fingerprint density at radius 1 is 1.32 bits per heavy atom. The van der Waals surface area contributed by atoms with Crippen LogP contribution in [0, 0.1) is 5.92 Å². The van der Waals surface area contributed by atoms with Gasteiger partial charge in [-0.05, 0) is 42.9 Å². The number of nitrogens with one attached hydrogen (secondary N) is 1. The third kappa shape index (κ3) is 2.35. The first-order valence-electron chi connectivity index (χ1n) is 7.51. The van der Waals surface area contributed by atoms with Crippen LogP contribution >= 0.6 is 11.3 Å². The van der Waals surface area contributed by atoms with Crippen molar-refractivity contribution in [3.63, 3.8) is 0 Å². The van der Waals surface area contributed by atoms with E-state index in [2.05, 4.69) is 12.2 Å². The Morgan fingerprint density at radius 3 is 3.09 bits per heavy atom. The summed E-state index contributed by atoms with van der Waals surface area (Å²) in [5, 5.41) is 4.96. The van der Waals surface area contributed by atoms with Crippen molar-refractivity contribution in [2.24, 2.45) is 5.92 Å². The van der Waals surface area contributed by atoms with Gasteiger partial charge in [-0.15, -0.1) is 11.3 Å². The molecule has 2 aromatic rings. The first-order chi connectivity index (χ1) is 10.7. The molecule has 1 atom stereocenters. The minimum absolute atomic E-state index is 0.0362. The minimum atomic E-state index is -0.0362. The summed E-state index contributed by atoms with van der Waals surface area (Å²) in [5.74, 6) is 2.08. The molecule has 0 fully saturated rings. The van der Waals surface area contributed by atoms with Crippen LogP contribution in [0.25, 0.3) is 0 Å². The van der Waals surface area contributed by atoms with Crippen LogP contribution in [0.15, 0.2) is 23.6 Å². The minimum Gasteiger partial charge on any atom is -0.454 e. The highest BCUT2D eigenvalue weighted by Crippen LogP contribution is 2.35. The van der Waals surface area contributed by atoms with E-state index in [0.29, 0.717) is 5.75 Å². The lowest BCUT2D eigenvalue weighted by molar-refractivity contribution is 0.102. The molecule has 1 aliphatic carbocycles. The van der Waals surface area contributed by atoms with E-state index in [-0.39, 0.29) is 12.7 Å². The lowest BCUT2D eigenvalue weighted by Crippen LogP contribution is -2.16. The zero-order chi connectivity index (χ0) is 15.1. The first-order valence-corrected chi connectivity index (χ1v) is 8.39. The second kappa shape index (κ2) is 5.32. The van der Waals surface area contributed by atoms with Crippen LogP contribution < -0.4 is 14.8 Å². The lowest BCUT2D eigenvalue weighted by Gasteiger charge is -2.18. The largest absolute Gasteiger partial charge is 0.454 e. The van der Waals surface area contributed by atoms with Gasteiger partial charge in [0.15, 0.2) is 11.5 Å². The van der Waals surface area contributed by atoms with Gasteiger partial charge in [-0.2, -0.15) is 0 Å². The molecule has 1 N–H and O–H groups in total. The second-order valence-electron chi connectivity index (χ2n) is 5.92. The number of hydrogen-bond acceptors (Lipinski definition) is 4. The predicted molar refractivity (Wildman–Crippen MR) is 86.0 cm³/mol. The van der Waals surface area contributed by atoms with Crippen LogP contribution in [0.2, 0.25) is 0 Å². The van der Waals surface area contributed by atoms with Gasteiger partial charge in [0.1, 0.15) is 0 Å². The molecule has 4 nitrogen and oxygen atoms in total. The quantitative estimate of drug-likeness (QED) is 0.915. The Morgan fingerprint density at radius 2 is 2.18 bits per heavy atom. The molecule has 1 aromatic heterocycles. The highest BCUT2D eigenvalue weighted by Gasteiger charge is 2.23. The number of ether oxygens (including phenoxy) is 2. The van der Waals surface area contributed by atoms with Gasteiger partial charge in [-0.1, -0.05) is 6.92 Å². The Balaban J connectivity index is 1.55. The Hall–Kier alpha value is -2.01. The molecule has 0 bridgehead atoms. The van der Waals surface area contributed by atoms with Gasteiger partial charge in [0.05, 0.1) is 5.56 Å². The molecule has 2 heterocycles. The zero-order valence-electron chi connectivity index (χ0n) is 12.3. The number of benzene rings is 1. The number of carbonyl (C=O) groups is 1. The predicted octanol–water partition coefficient (Wildman–Crippen LogP) is 3.85. The van der Waals surface area contributed by atoms with Crippen molar-refractivity contribution in [2.75, 3.05) is 12.1 Å². The maximum absolute atomic E-state index is 12.6. The van der Waals surface area contributed by atoms with E-state index in [1.165, 1.54) is 10.4 Å². The number of thiophene rings is 1. The van der Waals surface area contributed by atoms with Crippen LogP contribution in [-0.2, 0) is 12.8 Å². The monoisotopic (exact) mass is 315 g/mol. The van der Waals surface area contributed by atoms with Crippen molar-refractivity contribution < 1.29 is 14.3 Å². The lowest BCUT2D eigenvalue weighted by atomic mass is 9.88. The molecular formula is C17H17NO3S. The smallest absolute Gasteiger partial charge is 0.256 e. The van der Waals surface area contributed by atoms with E-state index in [9.17, 15) is 4.79 Å². The zero-order valence-corrected chi connectivity index (χ0v) is 13.2. The molecule has 0 radical (unpaired) electrons. The van der Waals surface area contributed by atoms with Crippen LogP contribution in [-0.4, -0.2) is 12.7 Å². The van der Waals surface area contributed by atoms with Gasteiger partial charge >= 0.3 is 0 Å². The summed E-state index contributed by atoms with van der Waals surface area (Å²) in [7, 11) is 0. The third-order valence-electron chi connectivity index (χ3n) is 4.28. The van der Waals surface area contributed by atoms with Gasteiger partial charge in [-0.3, -0.25) is 4.79 Å². The molecule has 1 aliphatic heterocycles. The summed E-state index contributed by atoms with van der Waals surface area (Å²) in [6, 6.07) is 5.47. The average molecular weight is 315 g/mol. The van der Waals surface area contributed by atoms with Crippen molar-refractivity contribution in [1.82, 2.24) is 0 Å². The Bertz CT molecular complexity index is 738. The number of hydrogen-bond donors (Lipinski definition) is 1. The fourth-order valence-corrected chi connectivity index (χ4v) is 4.28. The second-order valence-corrected chi connectivity index (χ2v) is 6.89. The highest BCUT2D eigenvalue weighted by atomic mass is 32.1. The Kier molecular flexibility index (Phi) is 3.30. The van der Waals surface area contributed by atoms with Crippen LogP contribution in [0.4, 0.5) is 5.69 Å².